The van der Waals surface area contributed by atoms with Crippen molar-refractivity contribution in [3.63, 3.8) is 0 Å². The molecule has 3 rings (SSSR count). The van der Waals surface area contributed by atoms with Crippen molar-refractivity contribution in [3.05, 3.63) is 89.0 Å². The average Bonchev–Trinajstić information content (AvgIpc) is 2.73. The molecule has 0 aliphatic carbocycles. The maximum Gasteiger partial charge on any atom is 0.337 e. The Kier molecular flexibility index (Phi) is 5.50. The van der Waals surface area contributed by atoms with Crippen LogP contribution in [0.25, 0.3) is 11.1 Å². The van der Waals surface area contributed by atoms with Gasteiger partial charge in [0, 0.05) is 5.56 Å². The molecule has 0 fully saturated rings. The molecule has 0 saturated carbocycles. The van der Waals surface area contributed by atoms with E-state index in [2.05, 4.69) is 5.32 Å². The first kappa shape index (κ1) is 19.5. The average molecular weight is 389 g/mol. The van der Waals surface area contributed by atoms with Gasteiger partial charge in [-0.2, -0.15) is 0 Å². The summed E-state index contributed by atoms with van der Waals surface area (Å²) in [6.45, 7) is 0. The van der Waals surface area contributed by atoms with Gasteiger partial charge < -0.3 is 15.5 Å². The van der Waals surface area contributed by atoms with Crippen molar-refractivity contribution in [2.75, 3.05) is 5.32 Å². The lowest BCUT2D eigenvalue weighted by molar-refractivity contribution is 0.0686. The number of hydrogen-bond acceptors (Lipinski definition) is 4. The lowest BCUT2D eigenvalue weighted by atomic mass is 10.0. The van der Waals surface area contributed by atoms with Crippen molar-refractivity contribution in [2.24, 2.45) is 0 Å². The van der Waals surface area contributed by atoms with E-state index < -0.39 is 17.8 Å². The Balaban J connectivity index is 2.00. The number of nitrogens with one attached hydrogen (secondary N) is 1. The molecule has 3 aromatic rings. The summed E-state index contributed by atoms with van der Waals surface area (Å²) in [7, 11) is 0. The smallest absolute Gasteiger partial charge is 0.337 e. The van der Waals surface area contributed by atoms with E-state index in [0.717, 1.165) is 11.6 Å². The van der Waals surface area contributed by atoms with E-state index in [1.807, 2.05) is 30.3 Å². The zero-order chi connectivity index (χ0) is 21.0. The third-order valence-electron chi connectivity index (χ3n) is 4.28. The predicted molar refractivity (Wildman–Crippen MR) is 106 cm³/mol. The van der Waals surface area contributed by atoms with Crippen LogP contribution < -0.4 is 5.32 Å². The summed E-state index contributed by atoms with van der Waals surface area (Å²) in [6.07, 6.45) is 0.375. The summed E-state index contributed by atoms with van der Waals surface area (Å²) in [5.41, 5.74) is 1.16. The highest BCUT2D eigenvalue weighted by Gasteiger charge is 2.18. The fourth-order valence-electron chi connectivity index (χ4n) is 2.83. The highest BCUT2D eigenvalue weighted by Crippen LogP contribution is 2.26. The lowest BCUT2D eigenvalue weighted by Gasteiger charge is -2.12. The van der Waals surface area contributed by atoms with Gasteiger partial charge in [-0.25, -0.2) is 9.59 Å². The maximum atomic E-state index is 12.7. The molecule has 0 aliphatic rings. The first-order chi connectivity index (χ1) is 13.9. The van der Waals surface area contributed by atoms with Gasteiger partial charge in [0.15, 0.2) is 6.29 Å². The van der Waals surface area contributed by atoms with Crippen LogP contribution in [0.5, 0.6) is 0 Å². The van der Waals surface area contributed by atoms with Crippen LogP contribution in [-0.4, -0.2) is 34.3 Å². The van der Waals surface area contributed by atoms with E-state index in [4.69, 9.17) is 5.11 Å². The summed E-state index contributed by atoms with van der Waals surface area (Å²) >= 11 is 0. The molecule has 144 valence electrons. The zero-order valence-corrected chi connectivity index (χ0v) is 15.0. The van der Waals surface area contributed by atoms with Gasteiger partial charge in [-0.1, -0.05) is 36.4 Å². The fourth-order valence-corrected chi connectivity index (χ4v) is 2.83. The second-order valence-electron chi connectivity index (χ2n) is 6.11. The van der Waals surface area contributed by atoms with Crippen LogP contribution in [0.1, 0.15) is 41.4 Å². The summed E-state index contributed by atoms with van der Waals surface area (Å²) in [5, 5.41) is 21.0. The van der Waals surface area contributed by atoms with Crippen LogP contribution in [0.2, 0.25) is 0 Å². The summed E-state index contributed by atoms with van der Waals surface area (Å²) in [6, 6.07) is 17.2. The number of benzene rings is 3. The van der Waals surface area contributed by atoms with Crippen molar-refractivity contribution in [1.29, 1.82) is 0 Å². The van der Waals surface area contributed by atoms with Gasteiger partial charge in [0.2, 0.25) is 0 Å². The molecule has 7 heteroatoms. The molecule has 0 aromatic heterocycles. The minimum atomic E-state index is -1.23. The monoisotopic (exact) mass is 389 g/mol. The molecular weight excluding hydrogens is 374 g/mol. The Hall–Kier alpha value is -4.26. The molecule has 0 atom stereocenters. The Morgan fingerprint density at radius 1 is 0.759 bits per heavy atom. The highest BCUT2D eigenvalue weighted by atomic mass is 16.4. The summed E-state index contributed by atoms with van der Waals surface area (Å²) in [5.74, 6) is -3.18. The van der Waals surface area contributed by atoms with E-state index in [9.17, 15) is 24.3 Å². The number of aromatic carboxylic acids is 2. The number of anilines is 1. The fraction of sp³-hybridized carbons (Fsp3) is 0. The lowest BCUT2D eigenvalue weighted by Crippen LogP contribution is -2.17. The first-order valence-electron chi connectivity index (χ1n) is 8.47. The number of carbonyl (C=O) groups excluding carboxylic acids is 2. The quantitative estimate of drug-likeness (QED) is 0.551. The molecule has 3 aromatic carbocycles. The predicted octanol–water partition coefficient (Wildman–Crippen LogP) is 3.81. The third-order valence-corrected chi connectivity index (χ3v) is 4.28. The standard InChI is InChI=1S/C22H15NO6/c24-12-16-10-15(21(26)27)7-8-17(16)20(25)23-19-11-14(6-9-18(19)22(28)29)13-4-2-1-3-5-13/h1-12H,(H,23,25)(H,26,27)(H,28,29). The minimum absolute atomic E-state index is 0.0583. The molecule has 0 unspecified atom stereocenters. The molecule has 29 heavy (non-hydrogen) atoms. The van der Waals surface area contributed by atoms with Crippen molar-refractivity contribution in [3.8, 4) is 11.1 Å². The van der Waals surface area contributed by atoms with Crippen LogP contribution in [-0.2, 0) is 0 Å². The van der Waals surface area contributed by atoms with E-state index >= 15 is 0 Å². The van der Waals surface area contributed by atoms with Crippen LogP contribution in [0.3, 0.4) is 0 Å². The minimum Gasteiger partial charge on any atom is -0.478 e. The van der Waals surface area contributed by atoms with Crippen LogP contribution >= 0.6 is 0 Å². The number of aldehydes is 1. The largest absolute Gasteiger partial charge is 0.478 e. The molecule has 3 N–H and O–H groups in total. The Morgan fingerprint density at radius 3 is 2.07 bits per heavy atom. The molecule has 0 radical (unpaired) electrons. The zero-order valence-electron chi connectivity index (χ0n) is 15.0. The normalized spacial score (nSPS) is 10.2. The molecular formula is C22H15NO6. The second-order valence-corrected chi connectivity index (χ2v) is 6.11. The number of hydrogen-bond donors (Lipinski definition) is 3. The molecule has 1 amide bonds. The summed E-state index contributed by atoms with van der Waals surface area (Å²) in [4.78, 5) is 46.6. The molecule has 0 saturated heterocycles. The van der Waals surface area contributed by atoms with Gasteiger partial charge >= 0.3 is 11.9 Å². The van der Waals surface area contributed by atoms with Crippen LogP contribution in [0.15, 0.2) is 66.7 Å². The Bertz CT molecular complexity index is 1120. The number of carboxylic acids is 2. The van der Waals surface area contributed by atoms with Crippen molar-refractivity contribution in [1.82, 2.24) is 0 Å². The van der Waals surface area contributed by atoms with Crippen molar-refractivity contribution in [2.45, 2.75) is 0 Å². The van der Waals surface area contributed by atoms with Gasteiger partial charge in [0.25, 0.3) is 5.91 Å². The summed E-state index contributed by atoms with van der Waals surface area (Å²) < 4.78 is 0. The molecule has 0 spiro atoms. The topological polar surface area (TPSA) is 121 Å². The van der Waals surface area contributed by atoms with E-state index in [0.29, 0.717) is 11.8 Å². The second kappa shape index (κ2) is 8.18. The van der Waals surface area contributed by atoms with Gasteiger partial charge in [-0.05, 0) is 41.5 Å². The molecule has 7 nitrogen and oxygen atoms in total. The maximum absolute atomic E-state index is 12.7. The Morgan fingerprint density at radius 2 is 1.45 bits per heavy atom. The van der Waals surface area contributed by atoms with Gasteiger partial charge in [0.1, 0.15) is 0 Å². The number of carbonyl (C=O) groups is 4. The highest BCUT2D eigenvalue weighted by molar-refractivity contribution is 6.12. The SMILES string of the molecule is O=Cc1cc(C(=O)O)ccc1C(=O)Nc1cc(-c2ccccc2)ccc1C(=O)O. The molecule has 0 heterocycles. The van der Waals surface area contributed by atoms with Gasteiger partial charge in [-0.3, -0.25) is 9.59 Å². The van der Waals surface area contributed by atoms with Crippen molar-refractivity contribution < 1.29 is 29.4 Å². The van der Waals surface area contributed by atoms with E-state index in [1.165, 1.54) is 24.3 Å². The molecule has 0 aliphatic heterocycles. The van der Waals surface area contributed by atoms with Crippen molar-refractivity contribution >= 4 is 29.8 Å². The number of carboxylic acid groups (broad SMARTS) is 2. The van der Waals surface area contributed by atoms with Crippen LogP contribution in [0.4, 0.5) is 5.69 Å². The van der Waals surface area contributed by atoms with E-state index in [1.54, 1.807) is 6.07 Å². The molecule has 0 bridgehead atoms. The third kappa shape index (κ3) is 4.19. The van der Waals surface area contributed by atoms with Gasteiger partial charge in [-0.15, -0.1) is 0 Å². The number of amides is 1. The van der Waals surface area contributed by atoms with E-state index in [-0.39, 0.29) is 27.9 Å². The Labute approximate surface area is 165 Å². The number of rotatable bonds is 6. The van der Waals surface area contributed by atoms with Gasteiger partial charge in [0.05, 0.1) is 22.4 Å². The first-order valence-corrected chi connectivity index (χ1v) is 8.47. The van der Waals surface area contributed by atoms with Crippen LogP contribution in [0, 0.1) is 0 Å².